The van der Waals surface area contributed by atoms with Crippen LogP contribution in [0.4, 0.5) is 0 Å². The monoisotopic (exact) mass is 502 g/mol. The van der Waals surface area contributed by atoms with Gasteiger partial charge in [0.15, 0.2) is 0 Å². The maximum absolute atomic E-state index is 12.8. The van der Waals surface area contributed by atoms with E-state index in [1.54, 1.807) is 0 Å². The minimum Gasteiger partial charge on any atom is -0.480 e. The third-order valence-electron chi connectivity index (χ3n) is 5.80. The van der Waals surface area contributed by atoms with Gasteiger partial charge in [-0.2, -0.15) is 0 Å². The summed E-state index contributed by atoms with van der Waals surface area (Å²) in [6.07, 6.45) is 3.93. The van der Waals surface area contributed by atoms with Gasteiger partial charge in [0.2, 0.25) is 17.7 Å². The number of fused-ring (bicyclic) bond motifs is 1. The van der Waals surface area contributed by atoms with Crippen molar-refractivity contribution in [2.45, 2.75) is 64.1 Å². The minimum atomic E-state index is -1.14. The molecule has 11 nitrogen and oxygen atoms in total. The summed E-state index contributed by atoms with van der Waals surface area (Å²) in [5.41, 5.74) is 13.5. The lowest BCUT2D eigenvalue weighted by Gasteiger charge is -2.21. The molecule has 0 bridgehead atoms. The molecule has 0 fully saturated rings. The Morgan fingerprint density at radius 3 is 2.42 bits per heavy atom. The molecule has 0 radical (unpaired) electrons. The van der Waals surface area contributed by atoms with E-state index in [1.807, 2.05) is 44.3 Å². The number of unbranched alkanes of at least 4 members (excludes halogenated alkanes) is 1. The maximum atomic E-state index is 12.8. The molecule has 9 N–H and O–H groups in total. The van der Waals surface area contributed by atoms with Crippen LogP contribution in [0, 0.1) is 5.92 Å². The summed E-state index contributed by atoms with van der Waals surface area (Å²) in [6.45, 7) is 3.73. The first-order valence-electron chi connectivity index (χ1n) is 12.2. The number of nitrogens with one attached hydrogen (secondary N) is 4. The number of aromatic amines is 1. The van der Waals surface area contributed by atoms with Crippen molar-refractivity contribution in [3.8, 4) is 0 Å². The molecule has 3 unspecified atom stereocenters. The molecular formula is C25H38N6O5. The average molecular weight is 503 g/mol. The Kier molecular flexibility index (Phi) is 11.4. The van der Waals surface area contributed by atoms with Gasteiger partial charge in [0.25, 0.3) is 0 Å². The third-order valence-corrected chi connectivity index (χ3v) is 5.80. The van der Waals surface area contributed by atoms with Crippen LogP contribution in [0.1, 0.15) is 45.1 Å². The molecule has 2 rings (SSSR count). The molecule has 0 aliphatic carbocycles. The summed E-state index contributed by atoms with van der Waals surface area (Å²) < 4.78 is 0. The molecule has 2 aromatic rings. The zero-order valence-corrected chi connectivity index (χ0v) is 20.9. The van der Waals surface area contributed by atoms with Crippen molar-refractivity contribution in [2.75, 3.05) is 13.1 Å². The normalized spacial score (nSPS) is 13.7. The predicted octanol–water partition coefficient (Wildman–Crippen LogP) is 0.383. The SMILES string of the molecule is CC(C)CC(NC(=O)CNC(=O)C(CCCCN)NC(=O)C(N)Cc1c[nH]c2ccccc12)C(=O)O. The summed E-state index contributed by atoms with van der Waals surface area (Å²) >= 11 is 0. The van der Waals surface area contributed by atoms with Gasteiger partial charge in [-0.15, -0.1) is 0 Å². The van der Waals surface area contributed by atoms with Crippen LogP contribution < -0.4 is 27.4 Å². The molecule has 1 aromatic heterocycles. The lowest BCUT2D eigenvalue weighted by atomic mass is 10.0. The molecule has 36 heavy (non-hydrogen) atoms. The summed E-state index contributed by atoms with van der Waals surface area (Å²) in [5.74, 6) is -2.73. The Morgan fingerprint density at radius 2 is 1.75 bits per heavy atom. The first-order chi connectivity index (χ1) is 17.1. The number of nitrogens with two attached hydrogens (primary N) is 2. The molecule has 198 valence electrons. The van der Waals surface area contributed by atoms with Gasteiger partial charge < -0.3 is 37.5 Å². The quantitative estimate of drug-likeness (QED) is 0.171. The molecule has 1 heterocycles. The average Bonchev–Trinajstić information content (AvgIpc) is 3.23. The van der Waals surface area contributed by atoms with Gasteiger partial charge in [-0.25, -0.2) is 4.79 Å². The van der Waals surface area contributed by atoms with E-state index in [9.17, 15) is 24.3 Å². The lowest BCUT2D eigenvalue weighted by molar-refractivity contribution is -0.142. The fraction of sp³-hybridized carbons (Fsp3) is 0.520. The number of rotatable bonds is 15. The highest BCUT2D eigenvalue weighted by Crippen LogP contribution is 2.18. The predicted molar refractivity (Wildman–Crippen MR) is 137 cm³/mol. The highest BCUT2D eigenvalue weighted by Gasteiger charge is 2.26. The first-order valence-corrected chi connectivity index (χ1v) is 12.2. The van der Waals surface area contributed by atoms with Gasteiger partial charge in [0, 0.05) is 17.1 Å². The highest BCUT2D eigenvalue weighted by molar-refractivity contribution is 5.93. The molecule has 0 saturated heterocycles. The topological polar surface area (TPSA) is 192 Å². The van der Waals surface area contributed by atoms with Crippen LogP contribution in [0.3, 0.4) is 0 Å². The van der Waals surface area contributed by atoms with Crippen molar-refractivity contribution >= 4 is 34.6 Å². The molecular weight excluding hydrogens is 464 g/mol. The van der Waals surface area contributed by atoms with Crippen molar-refractivity contribution in [1.82, 2.24) is 20.9 Å². The van der Waals surface area contributed by atoms with E-state index < -0.39 is 48.4 Å². The van der Waals surface area contributed by atoms with E-state index in [1.165, 1.54) is 0 Å². The Bertz CT molecular complexity index is 1040. The number of H-pyrrole nitrogens is 1. The van der Waals surface area contributed by atoms with Crippen molar-refractivity contribution in [1.29, 1.82) is 0 Å². The second kappa shape index (κ2) is 14.2. The molecule has 3 atom stereocenters. The number of carbonyl (C=O) groups is 4. The van der Waals surface area contributed by atoms with Crippen LogP contribution in [0.5, 0.6) is 0 Å². The number of hydrogen-bond acceptors (Lipinski definition) is 6. The summed E-state index contributed by atoms with van der Waals surface area (Å²) in [5, 5.41) is 17.8. The summed E-state index contributed by atoms with van der Waals surface area (Å²) in [4.78, 5) is 52.3. The number of hydrogen-bond donors (Lipinski definition) is 7. The zero-order chi connectivity index (χ0) is 26.7. The van der Waals surface area contributed by atoms with Gasteiger partial charge in [-0.05, 0) is 56.2 Å². The first kappa shape index (κ1) is 28.8. The Labute approximate surface area is 210 Å². The van der Waals surface area contributed by atoms with Crippen LogP contribution in [-0.2, 0) is 25.6 Å². The van der Waals surface area contributed by atoms with Crippen LogP contribution in [0.25, 0.3) is 10.9 Å². The number of amides is 3. The van der Waals surface area contributed by atoms with Gasteiger partial charge in [-0.1, -0.05) is 32.0 Å². The van der Waals surface area contributed by atoms with E-state index in [0.29, 0.717) is 25.8 Å². The highest BCUT2D eigenvalue weighted by atomic mass is 16.4. The number of carboxylic acid groups (broad SMARTS) is 1. The number of carboxylic acids is 1. The second-order valence-corrected chi connectivity index (χ2v) is 9.32. The maximum Gasteiger partial charge on any atom is 0.326 e. The van der Waals surface area contributed by atoms with E-state index in [-0.39, 0.29) is 18.8 Å². The Hall–Kier alpha value is -3.44. The molecule has 3 amide bonds. The fourth-order valence-electron chi connectivity index (χ4n) is 3.90. The van der Waals surface area contributed by atoms with Crippen molar-refractivity contribution in [3.05, 3.63) is 36.0 Å². The number of carbonyl (C=O) groups excluding carboxylic acids is 3. The zero-order valence-electron chi connectivity index (χ0n) is 20.9. The molecule has 0 aliphatic heterocycles. The number of benzene rings is 1. The lowest BCUT2D eigenvalue weighted by Crippen LogP contribution is -2.53. The number of para-hydroxylation sites is 1. The van der Waals surface area contributed by atoms with Gasteiger partial charge in [0.1, 0.15) is 12.1 Å². The fourth-order valence-corrected chi connectivity index (χ4v) is 3.90. The van der Waals surface area contributed by atoms with Gasteiger partial charge in [-0.3, -0.25) is 14.4 Å². The minimum absolute atomic E-state index is 0.0663. The molecule has 0 aliphatic rings. The molecule has 1 aromatic carbocycles. The number of aliphatic carboxylic acids is 1. The van der Waals surface area contributed by atoms with Crippen LogP contribution in [0.15, 0.2) is 30.5 Å². The second-order valence-electron chi connectivity index (χ2n) is 9.32. The standard InChI is InChI=1S/C25H38N6O5/c1-15(2)11-21(25(35)36)30-22(32)14-29-24(34)20(9-5-6-10-26)31-23(33)18(27)12-16-13-28-19-8-4-3-7-17(16)19/h3-4,7-8,13,15,18,20-21,28H,5-6,9-12,14,26-27H2,1-2H3,(H,29,34)(H,30,32)(H,31,33)(H,35,36). The van der Waals surface area contributed by atoms with E-state index in [0.717, 1.165) is 16.5 Å². The largest absolute Gasteiger partial charge is 0.480 e. The van der Waals surface area contributed by atoms with E-state index in [2.05, 4.69) is 20.9 Å². The van der Waals surface area contributed by atoms with Crippen molar-refractivity contribution in [2.24, 2.45) is 17.4 Å². The van der Waals surface area contributed by atoms with E-state index in [4.69, 9.17) is 11.5 Å². The smallest absolute Gasteiger partial charge is 0.326 e. The van der Waals surface area contributed by atoms with Gasteiger partial charge in [0.05, 0.1) is 12.6 Å². The molecule has 0 saturated carbocycles. The number of aromatic nitrogens is 1. The molecule has 0 spiro atoms. The summed E-state index contributed by atoms with van der Waals surface area (Å²) in [6, 6.07) is 4.85. The molecule has 11 heteroatoms. The van der Waals surface area contributed by atoms with Gasteiger partial charge >= 0.3 is 5.97 Å². The Balaban J connectivity index is 1.96. The Morgan fingerprint density at radius 1 is 1.03 bits per heavy atom. The third kappa shape index (κ3) is 8.97. The summed E-state index contributed by atoms with van der Waals surface area (Å²) in [7, 11) is 0. The van der Waals surface area contributed by atoms with E-state index >= 15 is 0 Å². The van der Waals surface area contributed by atoms with Crippen LogP contribution in [-0.4, -0.2) is 65.0 Å². The van der Waals surface area contributed by atoms with Crippen molar-refractivity contribution < 1.29 is 24.3 Å². The van der Waals surface area contributed by atoms with Crippen LogP contribution in [0.2, 0.25) is 0 Å². The van der Waals surface area contributed by atoms with Crippen LogP contribution >= 0.6 is 0 Å². The van der Waals surface area contributed by atoms with Crippen molar-refractivity contribution in [3.63, 3.8) is 0 Å².